The maximum Gasteiger partial charge on any atom is 0.240 e. The van der Waals surface area contributed by atoms with Gasteiger partial charge in [0, 0.05) is 12.1 Å². The molecule has 27 heavy (non-hydrogen) atoms. The molecule has 0 bridgehead atoms. The van der Waals surface area contributed by atoms with Crippen molar-refractivity contribution in [1.82, 2.24) is 5.32 Å². The highest BCUT2D eigenvalue weighted by atomic mass is 32.2. The number of rotatable bonds is 5. The van der Waals surface area contributed by atoms with Crippen LogP contribution in [0.4, 0.5) is 5.69 Å². The smallest absolute Gasteiger partial charge is 0.240 e. The van der Waals surface area contributed by atoms with E-state index in [0.717, 1.165) is 31.4 Å². The minimum Gasteiger partial charge on any atom is -0.495 e. The molecule has 0 aromatic heterocycles. The molecule has 8 heteroatoms. The first-order valence-electron chi connectivity index (χ1n) is 9.19. The minimum absolute atomic E-state index is 0.0597. The maximum absolute atomic E-state index is 12.3. The molecule has 144 valence electrons. The molecular formula is C19H24N4O3S. The number of thioether (sulfide) groups is 1. The Balaban J connectivity index is 1.56. The van der Waals surface area contributed by atoms with E-state index >= 15 is 0 Å². The molecule has 1 saturated heterocycles. The van der Waals surface area contributed by atoms with Crippen molar-refractivity contribution in [3.63, 3.8) is 0 Å². The van der Waals surface area contributed by atoms with E-state index in [0.29, 0.717) is 16.6 Å². The molecule has 1 heterocycles. The molecule has 1 saturated carbocycles. The van der Waals surface area contributed by atoms with Gasteiger partial charge in [0.05, 0.1) is 12.8 Å². The molecule has 1 aliphatic heterocycles. The lowest BCUT2D eigenvalue weighted by Gasteiger charge is -2.10. The predicted molar refractivity (Wildman–Crippen MR) is 108 cm³/mol. The van der Waals surface area contributed by atoms with Gasteiger partial charge in [-0.05, 0) is 37.8 Å². The number of benzene rings is 1. The number of anilines is 1. The molecule has 2 fully saturated rings. The largest absolute Gasteiger partial charge is 0.495 e. The molecule has 2 N–H and O–H groups in total. The molecule has 1 aromatic carbocycles. The molecule has 1 aliphatic carbocycles. The highest BCUT2D eigenvalue weighted by Crippen LogP contribution is 2.26. The number of nitrogens with zero attached hydrogens (tertiary/aromatic N) is 2. The fourth-order valence-corrected chi connectivity index (χ4v) is 3.97. The fraction of sp³-hybridized carbons (Fsp3) is 0.474. The summed E-state index contributed by atoms with van der Waals surface area (Å²) < 4.78 is 5.22. The van der Waals surface area contributed by atoms with Crippen LogP contribution in [0.25, 0.3) is 0 Å². The van der Waals surface area contributed by atoms with Gasteiger partial charge in [0.15, 0.2) is 5.17 Å². The Bertz CT molecular complexity index is 753. The average Bonchev–Trinajstić information content (AvgIpc) is 2.86. The fourth-order valence-electron chi connectivity index (χ4n) is 3.06. The van der Waals surface area contributed by atoms with Gasteiger partial charge in [0.25, 0.3) is 0 Å². The van der Waals surface area contributed by atoms with E-state index in [-0.39, 0.29) is 18.2 Å². The van der Waals surface area contributed by atoms with Crippen LogP contribution in [0, 0.1) is 0 Å². The van der Waals surface area contributed by atoms with Gasteiger partial charge in [0.1, 0.15) is 11.0 Å². The summed E-state index contributed by atoms with van der Waals surface area (Å²) in [5, 5.41) is 14.0. The van der Waals surface area contributed by atoms with Gasteiger partial charge in [-0.3, -0.25) is 9.59 Å². The predicted octanol–water partition coefficient (Wildman–Crippen LogP) is 3.32. The third kappa shape index (κ3) is 5.56. The summed E-state index contributed by atoms with van der Waals surface area (Å²) in [6, 6.07) is 7.16. The number of para-hydroxylation sites is 2. The van der Waals surface area contributed by atoms with Crippen LogP contribution >= 0.6 is 11.8 Å². The van der Waals surface area contributed by atoms with Gasteiger partial charge >= 0.3 is 0 Å². The van der Waals surface area contributed by atoms with E-state index < -0.39 is 5.25 Å². The van der Waals surface area contributed by atoms with E-state index in [1.54, 1.807) is 19.2 Å². The summed E-state index contributed by atoms with van der Waals surface area (Å²) >= 11 is 1.25. The van der Waals surface area contributed by atoms with Gasteiger partial charge in [-0.2, -0.15) is 5.10 Å². The summed E-state index contributed by atoms with van der Waals surface area (Å²) in [5.41, 5.74) is 1.68. The molecule has 2 aliphatic rings. The summed E-state index contributed by atoms with van der Waals surface area (Å²) in [6.07, 6.45) is 6.78. The van der Waals surface area contributed by atoms with Crippen LogP contribution in [0.3, 0.4) is 0 Å². The number of nitrogens with one attached hydrogen (secondary N) is 2. The molecule has 7 nitrogen and oxygen atoms in total. The quantitative estimate of drug-likeness (QED) is 0.598. The van der Waals surface area contributed by atoms with Crippen molar-refractivity contribution in [1.29, 1.82) is 0 Å². The van der Waals surface area contributed by atoms with Crippen molar-refractivity contribution in [2.75, 3.05) is 12.4 Å². The molecule has 0 spiro atoms. The zero-order valence-electron chi connectivity index (χ0n) is 15.4. The van der Waals surface area contributed by atoms with Crippen molar-refractivity contribution >= 4 is 40.1 Å². The summed E-state index contributed by atoms with van der Waals surface area (Å²) in [7, 11) is 1.55. The molecule has 0 radical (unpaired) electrons. The second-order valence-corrected chi connectivity index (χ2v) is 7.73. The number of methoxy groups -OCH3 is 1. The number of amides is 2. The number of ether oxygens (including phenoxy) is 1. The first kappa shape index (κ1) is 19.4. The lowest BCUT2D eigenvalue weighted by atomic mass is 10.2. The standard InChI is InChI=1S/C19H24N4O3S/c1-26-15-11-7-6-10-14(15)20-17(24)12-16-18(25)21-19(27-16)23-22-13-8-4-2-3-5-9-13/h6-7,10-11,16H,2-5,8-9,12H2,1H3,(H,20,24)(H,21,23,25)/t16-/m1/s1. The lowest BCUT2D eigenvalue weighted by Crippen LogP contribution is -2.28. The van der Waals surface area contributed by atoms with Gasteiger partial charge in [-0.15, -0.1) is 5.10 Å². The topological polar surface area (TPSA) is 92.2 Å². The number of amidine groups is 1. The van der Waals surface area contributed by atoms with Crippen LogP contribution < -0.4 is 15.4 Å². The van der Waals surface area contributed by atoms with Gasteiger partial charge in [-0.25, -0.2) is 0 Å². The Hall–Kier alpha value is -2.35. The third-order valence-corrected chi connectivity index (χ3v) is 5.56. The van der Waals surface area contributed by atoms with Crippen molar-refractivity contribution in [3.8, 4) is 5.75 Å². The van der Waals surface area contributed by atoms with Crippen molar-refractivity contribution < 1.29 is 14.3 Å². The third-order valence-electron chi connectivity index (χ3n) is 4.49. The zero-order chi connectivity index (χ0) is 19.1. The summed E-state index contributed by atoms with van der Waals surface area (Å²) in [5.74, 6) is 0.120. The van der Waals surface area contributed by atoms with Crippen molar-refractivity contribution in [2.24, 2.45) is 10.2 Å². The maximum atomic E-state index is 12.3. The normalized spacial score (nSPS) is 21.5. The first-order chi connectivity index (χ1) is 13.2. The monoisotopic (exact) mass is 388 g/mol. The number of carbonyl (C=O) groups is 2. The zero-order valence-corrected chi connectivity index (χ0v) is 16.2. The number of hydrogen-bond donors (Lipinski definition) is 2. The highest BCUT2D eigenvalue weighted by molar-refractivity contribution is 8.15. The molecule has 2 amide bonds. The lowest BCUT2D eigenvalue weighted by molar-refractivity contribution is -0.122. The van der Waals surface area contributed by atoms with Crippen LogP contribution in [0.2, 0.25) is 0 Å². The summed E-state index contributed by atoms with van der Waals surface area (Å²) in [6.45, 7) is 0. The molecule has 0 unspecified atom stereocenters. The summed E-state index contributed by atoms with van der Waals surface area (Å²) in [4.78, 5) is 24.4. The molecule has 1 atom stereocenters. The van der Waals surface area contributed by atoms with E-state index in [4.69, 9.17) is 4.74 Å². The molecular weight excluding hydrogens is 364 g/mol. The van der Waals surface area contributed by atoms with E-state index in [9.17, 15) is 9.59 Å². The van der Waals surface area contributed by atoms with Crippen LogP contribution in [0.5, 0.6) is 5.75 Å². The van der Waals surface area contributed by atoms with Crippen LogP contribution in [0.1, 0.15) is 44.9 Å². The molecule has 3 rings (SSSR count). The molecule has 1 aromatic rings. The van der Waals surface area contributed by atoms with Crippen LogP contribution in [-0.4, -0.2) is 35.1 Å². The second-order valence-electron chi connectivity index (χ2n) is 6.53. The van der Waals surface area contributed by atoms with Gasteiger partial charge < -0.3 is 15.4 Å². The van der Waals surface area contributed by atoms with Crippen LogP contribution in [-0.2, 0) is 9.59 Å². The SMILES string of the molecule is COc1ccccc1NC(=O)C[C@H]1S/C(=N/N=C2CCCCCC2)NC1=O. The second kappa shape index (κ2) is 9.55. The Morgan fingerprint density at radius 3 is 2.70 bits per heavy atom. The Kier molecular flexibility index (Phi) is 6.86. The van der Waals surface area contributed by atoms with Crippen molar-refractivity contribution in [2.45, 2.75) is 50.2 Å². The van der Waals surface area contributed by atoms with Crippen molar-refractivity contribution in [3.05, 3.63) is 24.3 Å². The minimum atomic E-state index is -0.507. The highest BCUT2D eigenvalue weighted by Gasteiger charge is 2.32. The average molecular weight is 388 g/mol. The Morgan fingerprint density at radius 1 is 1.22 bits per heavy atom. The number of hydrogen-bond acceptors (Lipinski definition) is 6. The Morgan fingerprint density at radius 2 is 1.96 bits per heavy atom. The Labute approximate surface area is 163 Å². The van der Waals surface area contributed by atoms with E-state index in [1.807, 2.05) is 12.1 Å². The first-order valence-corrected chi connectivity index (χ1v) is 10.1. The van der Waals surface area contributed by atoms with E-state index in [2.05, 4.69) is 20.8 Å². The van der Waals surface area contributed by atoms with Crippen LogP contribution in [0.15, 0.2) is 34.5 Å². The van der Waals surface area contributed by atoms with Gasteiger partial charge in [-0.1, -0.05) is 36.7 Å². The van der Waals surface area contributed by atoms with E-state index in [1.165, 1.54) is 24.6 Å². The van der Waals surface area contributed by atoms with Gasteiger partial charge in [0.2, 0.25) is 11.8 Å². The number of carbonyl (C=O) groups excluding carboxylic acids is 2.